The Morgan fingerprint density at radius 1 is 1.50 bits per heavy atom. The van der Waals surface area contributed by atoms with E-state index in [1.54, 1.807) is 7.11 Å². The third-order valence-corrected chi connectivity index (χ3v) is 2.17. The van der Waals surface area contributed by atoms with Gasteiger partial charge in [0.2, 0.25) is 0 Å². The standard InChI is InChI=1S/C8H15NO3/c1-11-6-3-4-9-7(5-6)8(10)12-2/h6-7,9H,3-5H2,1-2H3/t6-,7+/m0/s1. The van der Waals surface area contributed by atoms with E-state index in [4.69, 9.17) is 4.74 Å². The minimum atomic E-state index is -0.197. The summed E-state index contributed by atoms with van der Waals surface area (Å²) in [6.07, 6.45) is 1.86. The summed E-state index contributed by atoms with van der Waals surface area (Å²) in [5.74, 6) is -0.197. The van der Waals surface area contributed by atoms with Crippen molar-refractivity contribution in [1.29, 1.82) is 0 Å². The lowest BCUT2D eigenvalue weighted by Gasteiger charge is -2.27. The second kappa shape index (κ2) is 4.42. The van der Waals surface area contributed by atoms with Crippen LogP contribution in [-0.2, 0) is 14.3 Å². The number of piperidine rings is 1. The molecule has 0 aromatic rings. The lowest BCUT2D eigenvalue weighted by Crippen LogP contribution is -2.46. The number of esters is 1. The van der Waals surface area contributed by atoms with Crippen LogP contribution in [0.5, 0.6) is 0 Å². The van der Waals surface area contributed by atoms with Crippen LogP contribution < -0.4 is 5.32 Å². The molecular formula is C8H15NO3. The van der Waals surface area contributed by atoms with Gasteiger partial charge in [-0.2, -0.15) is 0 Å². The summed E-state index contributed by atoms with van der Waals surface area (Å²) >= 11 is 0. The molecule has 1 aliphatic rings. The van der Waals surface area contributed by atoms with E-state index in [-0.39, 0.29) is 18.1 Å². The van der Waals surface area contributed by atoms with E-state index in [0.29, 0.717) is 6.42 Å². The first kappa shape index (κ1) is 9.48. The number of ether oxygens (including phenoxy) is 2. The van der Waals surface area contributed by atoms with Crippen molar-refractivity contribution in [2.75, 3.05) is 20.8 Å². The zero-order valence-corrected chi connectivity index (χ0v) is 7.50. The molecule has 0 amide bonds. The number of hydrogen-bond donors (Lipinski definition) is 1. The van der Waals surface area contributed by atoms with Crippen LogP contribution in [0.1, 0.15) is 12.8 Å². The van der Waals surface area contributed by atoms with Crippen LogP contribution >= 0.6 is 0 Å². The Bertz CT molecular complexity index is 160. The Morgan fingerprint density at radius 2 is 2.25 bits per heavy atom. The predicted octanol–water partition coefficient (Wildman–Crippen LogP) is -0.0736. The number of carbonyl (C=O) groups is 1. The summed E-state index contributed by atoms with van der Waals surface area (Å²) in [5, 5.41) is 3.08. The minimum Gasteiger partial charge on any atom is -0.468 e. The topological polar surface area (TPSA) is 47.6 Å². The molecule has 12 heavy (non-hydrogen) atoms. The van der Waals surface area contributed by atoms with Crippen molar-refractivity contribution in [2.24, 2.45) is 0 Å². The zero-order valence-electron chi connectivity index (χ0n) is 7.50. The van der Waals surface area contributed by atoms with Crippen molar-refractivity contribution in [3.63, 3.8) is 0 Å². The Labute approximate surface area is 72.2 Å². The van der Waals surface area contributed by atoms with E-state index >= 15 is 0 Å². The van der Waals surface area contributed by atoms with Crippen molar-refractivity contribution in [1.82, 2.24) is 5.32 Å². The SMILES string of the molecule is COC(=O)[C@H]1C[C@@H](OC)CCN1. The summed E-state index contributed by atoms with van der Waals surface area (Å²) in [5.41, 5.74) is 0. The van der Waals surface area contributed by atoms with Crippen LogP contribution in [-0.4, -0.2) is 38.9 Å². The van der Waals surface area contributed by atoms with Crippen LogP contribution in [0.3, 0.4) is 0 Å². The van der Waals surface area contributed by atoms with Gasteiger partial charge in [-0.05, 0) is 19.4 Å². The first-order valence-electron chi connectivity index (χ1n) is 4.12. The van der Waals surface area contributed by atoms with Gasteiger partial charge < -0.3 is 14.8 Å². The molecule has 70 valence electrons. The monoisotopic (exact) mass is 173 g/mol. The fourth-order valence-corrected chi connectivity index (χ4v) is 1.42. The number of carbonyl (C=O) groups excluding carboxylic acids is 1. The van der Waals surface area contributed by atoms with E-state index in [1.807, 2.05) is 0 Å². The lowest BCUT2D eigenvalue weighted by atomic mass is 10.0. The van der Waals surface area contributed by atoms with Gasteiger partial charge in [0, 0.05) is 7.11 Å². The second-order valence-corrected chi connectivity index (χ2v) is 2.91. The molecule has 0 spiro atoms. The van der Waals surface area contributed by atoms with E-state index in [2.05, 4.69) is 10.1 Å². The van der Waals surface area contributed by atoms with Gasteiger partial charge in [0.15, 0.2) is 0 Å². The number of methoxy groups -OCH3 is 2. The molecule has 0 bridgehead atoms. The van der Waals surface area contributed by atoms with Gasteiger partial charge in [0.05, 0.1) is 13.2 Å². The maximum atomic E-state index is 11.1. The normalized spacial score (nSPS) is 29.8. The molecule has 1 N–H and O–H groups in total. The molecule has 1 heterocycles. The van der Waals surface area contributed by atoms with E-state index in [1.165, 1.54) is 7.11 Å². The number of hydrogen-bond acceptors (Lipinski definition) is 4. The molecule has 1 fully saturated rings. The maximum Gasteiger partial charge on any atom is 0.322 e. The van der Waals surface area contributed by atoms with Crippen molar-refractivity contribution in [3.05, 3.63) is 0 Å². The van der Waals surface area contributed by atoms with Crippen molar-refractivity contribution in [3.8, 4) is 0 Å². The van der Waals surface area contributed by atoms with Crippen molar-refractivity contribution >= 4 is 5.97 Å². The Hall–Kier alpha value is -0.610. The third kappa shape index (κ3) is 2.19. The fourth-order valence-electron chi connectivity index (χ4n) is 1.42. The van der Waals surface area contributed by atoms with Crippen molar-refractivity contribution < 1.29 is 14.3 Å². The molecule has 1 aliphatic heterocycles. The predicted molar refractivity (Wildman–Crippen MR) is 43.8 cm³/mol. The van der Waals surface area contributed by atoms with Gasteiger partial charge in [-0.25, -0.2) is 0 Å². The first-order valence-corrected chi connectivity index (χ1v) is 4.12. The molecule has 0 aliphatic carbocycles. The molecule has 0 unspecified atom stereocenters. The summed E-state index contributed by atoms with van der Waals surface area (Å²) in [6, 6.07) is -0.186. The summed E-state index contributed by atoms with van der Waals surface area (Å²) in [6.45, 7) is 0.818. The number of nitrogens with one attached hydrogen (secondary N) is 1. The fraction of sp³-hybridized carbons (Fsp3) is 0.875. The Morgan fingerprint density at radius 3 is 2.83 bits per heavy atom. The highest BCUT2D eigenvalue weighted by Crippen LogP contribution is 2.12. The van der Waals surface area contributed by atoms with Crippen LogP contribution in [0.25, 0.3) is 0 Å². The van der Waals surface area contributed by atoms with Gasteiger partial charge in [0.25, 0.3) is 0 Å². The lowest BCUT2D eigenvalue weighted by molar-refractivity contribution is -0.145. The maximum absolute atomic E-state index is 11.1. The largest absolute Gasteiger partial charge is 0.468 e. The van der Waals surface area contributed by atoms with Gasteiger partial charge in [-0.3, -0.25) is 4.79 Å². The molecule has 0 saturated carbocycles. The van der Waals surface area contributed by atoms with E-state index < -0.39 is 0 Å². The van der Waals surface area contributed by atoms with Crippen LogP contribution in [0.4, 0.5) is 0 Å². The van der Waals surface area contributed by atoms with Crippen LogP contribution in [0.15, 0.2) is 0 Å². The average Bonchev–Trinajstić information content (AvgIpc) is 2.17. The van der Waals surface area contributed by atoms with Crippen LogP contribution in [0, 0.1) is 0 Å². The molecular weight excluding hydrogens is 158 g/mol. The molecule has 0 aromatic heterocycles. The summed E-state index contributed by atoms with van der Waals surface area (Å²) < 4.78 is 9.79. The van der Waals surface area contributed by atoms with E-state index in [0.717, 1.165) is 13.0 Å². The molecule has 2 atom stereocenters. The highest BCUT2D eigenvalue weighted by molar-refractivity contribution is 5.75. The Kier molecular flexibility index (Phi) is 3.49. The summed E-state index contributed by atoms with van der Waals surface area (Å²) in [7, 11) is 3.07. The third-order valence-electron chi connectivity index (χ3n) is 2.17. The quantitative estimate of drug-likeness (QED) is 0.594. The molecule has 4 nitrogen and oxygen atoms in total. The molecule has 1 saturated heterocycles. The van der Waals surface area contributed by atoms with Gasteiger partial charge in [0.1, 0.15) is 6.04 Å². The highest BCUT2D eigenvalue weighted by atomic mass is 16.5. The zero-order chi connectivity index (χ0) is 8.97. The number of rotatable bonds is 2. The Balaban J connectivity index is 2.40. The highest BCUT2D eigenvalue weighted by Gasteiger charge is 2.26. The molecule has 0 radical (unpaired) electrons. The van der Waals surface area contributed by atoms with Crippen molar-refractivity contribution in [2.45, 2.75) is 25.0 Å². The van der Waals surface area contributed by atoms with E-state index in [9.17, 15) is 4.79 Å². The van der Waals surface area contributed by atoms with Gasteiger partial charge in [-0.1, -0.05) is 0 Å². The minimum absolute atomic E-state index is 0.186. The summed E-state index contributed by atoms with van der Waals surface area (Å²) in [4.78, 5) is 11.1. The van der Waals surface area contributed by atoms with Crippen LogP contribution in [0.2, 0.25) is 0 Å². The second-order valence-electron chi connectivity index (χ2n) is 2.91. The van der Waals surface area contributed by atoms with Gasteiger partial charge >= 0.3 is 5.97 Å². The molecule has 4 heteroatoms. The first-order chi connectivity index (χ1) is 5.77. The average molecular weight is 173 g/mol. The smallest absolute Gasteiger partial charge is 0.322 e. The molecule has 1 rings (SSSR count). The van der Waals surface area contributed by atoms with Gasteiger partial charge in [-0.15, -0.1) is 0 Å². The molecule has 0 aromatic carbocycles.